The van der Waals surface area contributed by atoms with Crippen molar-refractivity contribution in [2.75, 3.05) is 16.8 Å². The van der Waals surface area contributed by atoms with Gasteiger partial charge in [-0.05, 0) is 58.8 Å². The van der Waals surface area contributed by atoms with Gasteiger partial charge in [-0.15, -0.1) is 5.10 Å². The van der Waals surface area contributed by atoms with Gasteiger partial charge in [0.1, 0.15) is 6.33 Å². The van der Waals surface area contributed by atoms with Crippen LogP contribution in [0.4, 0.5) is 11.4 Å². The second-order valence-electron chi connectivity index (χ2n) is 6.02. The smallest absolute Gasteiger partial charge is 0.255 e. The van der Waals surface area contributed by atoms with Crippen LogP contribution in [0.5, 0.6) is 0 Å². The van der Waals surface area contributed by atoms with Crippen LogP contribution in [0, 0.1) is 0 Å². The van der Waals surface area contributed by atoms with E-state index in [1.165, 1.54) is 11.0 Å². The highest BCUT2D eigenvalue weighted by Crippen LogP contribution is 2.30. The molecule has 1 aliphatic heterocycles. The standard InChI is InChI=1S/C18H16N6O2/c1-12(25)23-8-7-13-9-15(5-6-17(13)23)20-18(26)14-3-2-4-16(10-14)24-11-19-21-22-24/h2-6,9-11H,7-8H2,1H3,(H,20,26). The number of hydrogen-bond acceptors (Lipinski definition) is 5. The molecule has 2 amide bonds. The molecule has 0 fully saturated rings. The predicted molar refractivity (Wildman–Crippen MR) is 95.3 cm³/mol. The third kappa shape index (κ3) is 2.92. The third-order valence-electron chi connectivity index (χ3n) is 4.33. The highest BCUT2D eigenvalue weighted by molar-refractivity contribution is 6.05. The van der Waals surface area contributed by atoms with Gasteiger partial charge in [0, 0.05) is 30.4 Å². The molecule has 0 aliphatic carbocycles. The number of carbonyl (C=O) groups excluding carboxylic acids is 2. The number of aromatic nitrogens is 4. The van der Waals surface area contributed by atoms with Crippen LogP contribution >= 0.6 is 0 Å². The first-order valence-electron chi connectivity index (χ1n) is 8.17. The first-order valence-corrected chi connectivity index (χ1v) is 8.17. The molecule has 0 bridgehead atoms. The summed E-state index contributed by atoms with van der Waals surface area (Å²) in [6.07, 6.45) is 2.26. The Morgan fingerprint density at radius 2 is 2.04 bits per heavy atom. The Morgan fingerprint density at radius 3 is 2.81 bits per heavy atom. The maximum atomic E-state index is 12.6. The molecule has 1 aromatic heterocycles. The molecule has 4 rings (SSSR count). The van der Waals surface area contributed by atoms with Gasteiger partial charge in [0.25, 0.3) is 5.91 Å². The zero-order chi connectivity index (χ0) is 18.1. The van der Waals surface area contributed by atoms with Crippen LogP contribution in [-0.4, -0.2) is 38.6 Å². The van der Waals surface area contributed by atoms with Gasteiger partial charge in [0.2, 0.25) is 5.91 Å². The Bertz CT molecular complexity index is 983. The van der Waals surface area contributed by atoms with Crippen molar-refractivity contribution in [2.45, 2.75) is 13.3 Å². The Hall–Kier alpha value is -3.55. The molecule has 8 nitrogen and oxygen atoms in total. The molecule has 0 atom stereocenters. The second kappa shape index (κ2) is 6.40. The van der Waals surface area contributed by atoms with E-state index < -0.39 is 0 Å². The monoisotopic (exact) mass is 348 g/mol. The summed E-state index contributed by atoms with van der Waals surface area (Å²) in [4.78, 5) is 25.9. The SMILES string of the molecule is CC(=O)N1CCc2cc(NC(=O)c3cccc(-n4cnnn4)c3)ccc21. The Labute approximate surface area is 149 Å². The highest BCUT2D eigenvalue weighted by atomic mass is 16.2. The van der Waals surface area contributed by atoms with Crippen molar-refractivity contribution < 1.29 is 9.59 Å². The van der Waals surface area contributed by atoms with Gasteiger partial charge in [-0.3, -0.25) is 9.59 Å². The minimum atomic E-state index is -0.221. The molecule has 0 saturated heterocycles. The molecular formula is C18H16N6O2. The summed E-state index contributed by atoms with van der Waals surface area (Å²) < 4.78 is 1.49. The number of rotatable bonds is 3. The van der Waals surface area contributed by atoms with Crippen molar-refractivity contribution in [3.05, 3.63) is 59.9 Å². The van der Waals surface area contributed by atoms with Crippen molar-refractivity contribution >= 4 is 23.2 Å². The van der Waals surface area contributed by atoms with E-state index in [-0.39, 0.29) is 11.8 Å². The van der Waals surface area contributed by atoms with E-state index >= 15 is 0 Å². The molecule has 0 saturated carbocycles. The zero-order valence-corrected chi connectivity index (χ0v) is 14.1. The molecular weight excluding hydrogens is 332 g/mol. The van der Waals surface area contributed by atoms with E-state index in [9.17, 15) is 9.59 Å². The molecule has 2 heterocycles. The molecule has 1 N–H and O–H groups in total. The summed E-state index contributed by atoms with van der Waals surface area (Å²) >= 11 is 0. The van der Waals surface area contributed by atoms with E-state index in [4.69, 9.17) is 0 Å². The van der Waals surface area contributed by atoms with Crippen LogP contribution in [-0.2, 0) is 11.2 Å². The van der Waals surface area contributed by atoms with E-state index in [0.29, 0.717) is 23.5 Å². The molecule has 0 spiro atoms. The number of fused-ring (bicyclic) bond motifs is 1. The normalized spacial score (nSPS) is 12.7. The van der Waals surface area contributed by atoms with Gasteiger partial charge >= 0.3 is 0 Å². The Balaban J connectivity index is 1.54. The molecule has 8 heteroatoms. The summed E-state index contributed by atoms with van der Waals surface area (Å²) in [6.45, 7) is 2.23. The Kier molecular flexibility index (Phi) is 3.92. The molecule has 3 aromatic rings. The summed E-state index contributed by atoms with van der Waals surface area (Å²) in [7, 11) is 0. The van der Waals surface area contributed by atoms with Crippen molar-refractivity contribution in [2.24, 2.45) is 0 Å². The maximum absolute atomic E-state index is 12.6. The van der Waals surface area contributed by atoms with Crippen LogP contribution in [0.2, 0.25) is 0 Å². The van der Waals surface area contributed by atoms with Gasteiger partial charge in [0.15, 0.2) is 0 Å². The first-order chi connectivity index (χ1) is 12.6. The van der Waals surface area contributed by atoms with Gasteiger partial charge in [-0.2, -0.15) is 0 Å². The van der Waals surface area contributed by atoms with E-state index in [1.807, 2.05) is 24.3 Å². The molecule has 130 valence electrons. The van der Waals surface area contributed by atoms with Gasteiger partial charge < -0.3 is 10.2 Å². The summed E-state index contributed by atoms with van der Waals surface area (Å²) in [6, 6.07) is 12.6. The second-order valence-corrected chi connectivity index (χ2v) is 6.02. The van der Waals surface area contributed by atoms with Crippen molar-refractivity contribution in [1.29, 1.82) is 0 Å². The average molecular weight is 348 g/mol. The Morgan fingerprint density at radius 1 is 1.15 bits per heavy atom. The lowest BCUT2D eigenvalue weighted by atomic mass is 10.1. The van der Waals surface area contributed by atoms with Crippen LogP contribution < -0.4 is 10.2 Å². The van der Waals surface area contributed by atoms with Gasteiger partial charge in [0.05, 0.1) is 5.69 Å². The highest BCUT2D eigenvalue weighted by Gasteiger charge is 2.22. The zero-order valence-electron chi connectivity index (χ0n) is 14.1. The molecule has 26 heavy (non-hydrogen) atoms. The van der Waals surface area contributed by atoms with Crippen molar-refractivity contribution in [1.82, 2.24) is 20.2 Å². The van der Waals surface area contributed by atoms with E-state index in [0.717, 1.165) is 17.7 Å². The number of amides is 2. The molecule has 1 aliphatic rings. The number of hydrogen-bond donors (Lipinski definition) is 1. The molecule has 0 unspecified atom stereocenters. The number of nitrogens with zero attached hydrogens (tertiary/aromatic N) is 5. The van der Waals surface area contributed by atoms with Crippen molar-refractivity contribution in [3.8, 4) is 5.69 Å². The maximum Gasteiger partial charge on any atom is 0.255 e. The average Bonchev–Trinajstić information content (AvgIpc) is 3.31. The van der Waals surface area contributed by atoms with Crippen molar-refractivity contribution in [3.63, 3.8) is 0 Å². The first kappa shape index (κ1) is 15.9. The number of benzene rings is 2. The number of nitrogens with one attached hydrogen (secondary N) is 1. The van der Waals surface area contributed by atoms with Crippen LogP contribution in [0.1, 0.15) is 22.8 Å². The molecule has 0 radical (unpaired) electrons. The fraction of sp³-hybridized carbons (Fsp3) is 0.167. The number of anilines is 2. The fourth-order valence-corrected chi connectivity index (χ4v) is 3.08. The number of tetrazole rings is 1. The lowest BCUT2D eigenvalue weighted by Crippen LogP contribution is -2.25. The van der Waals surface area contributed by atoms with E-state index in [1.54, 1.807) is 30.0 Å². The third-order valence-corrected chi connectivity index (χ3v) is 4.33. The fourth-order valence-electron chi connectivity index (χ4n) is 3.08. The summed E-state index contributed by atoms with van der Waals surface area (Å²) in [5, 5.41) is 13.9. The lowest BCUT2D eigenvalue weighted by Gasteiger charge is -2.15. The largest absolute Gasteiger partial charge is 0.322 e. The number of carbonyl (C=O) groups is 2. The lowest BCUT2D eigenvalue weighted by molar-refractivity contribution is -0.116. The van der Waals surface area contributed by atoms with Crippen LogP contribution in [0.15, 0.2) is 48.8 Å². The van der Waals surface area contributed by atoms with Gasteiger partial charge in [-0.25, -0.2) is 4.68 Å². The summed E-state index contributed by atoms with van der Waals surface area (Å²) in [5.74, 6) is -0.193. The van der Waals surface area contributed by atoms with E-state index in [2.05, 4.69) is 20.8 Å². The summed E-state index contributed by atoms with van der Waals surface area (Å²) in [5.41, 5.74) is 3.88. The minimum Gasteiger partial charge on any atom is -0.322 e. The quantitative estimate of drug-likeness (QED) is 0.779. The van der Waals surface area contributed by atoms with Crippen LogP contribution in [0.3, 0.4) is 0 Å². The minimum absolute atomic E-state index is 0.0277. The predicted octanol–water partition coefficient (Wildman–Crippen LogP) is 1.82. The van der Waals surface area contributed by atoms with Crippen LogP contribution in [0.25, 0.3) is 5.69 Å². The topological polar surface area (TPSA) is 93.0 Å². The van der Waals surface area contributed by atoms with Gasteiger partial charge in [-0.1, -0.05) is 6.07 Å². The molecule has 2 aromatic carbocycles.